The molecule has 0 saturated heterocycles. The highest BCUT2D eigenvalue weighted by atomic mass is 32.1. The summed E-state index contributed by atoms with van der Waals surface area (Å²) in [4.78, 5) is 7.14. The van der Waals surface area contributed by atoms with Gasteiger partial charge in [0.15, 0.2) is 5.58 Å². The standard InChI is InChI=1S/C66H45N3OS/c1-5-18-46(19-6-1)48-32-36-52(37-33-48)67(50-22-9-3-10-23-50)55-42-56(68(51-24-11-4-12-25-51)53-38-34-49(35-39-53)47-20-7-2-8-21-47)44-57(43-55)69(54-40-41-65-61(45-54)59-27-14-16-31-64(59)71-65)62-29-17-28-60-58-26-13-15-30-63(58)70-66(60)62/h1-45H. The first-order valence-corrected chi connectivity index (χ1v) is 24.8. The predicted octanol–water partition coefficient (Wildman–Crippen LogP) is 19.7. The number of thiophene rings is 1. The van der Waals surface area contributed by atoms with E-state index in [2.05, 4.69) is 282 Å². The summed E-state index contributed by atoms with van der Waals surface area (Å²) in [7, 11) is 0. The lowest BCUT2D eigenvalue weighted by atomic mass is 10.0. The molecule has 0 aliphatic heterocycles. The number of nitrogens with zero attached hydrogens (tertiary/aromatic N) is 3. The number of benzene rings is 11. The third-order valence-electron chi connectivity index (χ3n) is 13.4. The summed E-state index contributed by atoms with van der Waals surface area (Å²) in [5.41, 5.74) is 15.4. The number of para-hydroxylation sites is 4. The van der Waals surface area contributed by atoms with E-state index in [0.29, 0.717) is 0 Å². The molecule has 0 bridgehead atoms. The topological polar surface area (TPSA) is 22.9 Å². The largest absolute Gasteiger partial charge is 0.454 e. The summed E-state index contributed by atoms with van der Waals surface area (Å²) in [6, 6.07) is 97.9. The highest BCUT2D eigenvalue weighted by Crippen LogP contribution is 2.49. The van der Waals surface area contributed by atoms with Crippen LogP contribution in [0.25, 0.3) is 64.4 Å². The van der Waals surface area contributed by atoms with Gasteiger partial charge in [-0.1, -0.05) is 170 Å². The Morgan fingerprint density at radius 1 is 0.254 bits per heavy atom. The molecule has 0 spiro atoms. The molecule has 13 aromatic rings. The summed E-state index contributed by atoms with van der Waals surface area (Å²) in [6.07, 6.45) is 0. The van der Waals surface area contributed by atoms with Gasteiger partial charge in [-0.3, -0.25) is 0 Å². The Bertz CT molecular complexity index is 3840. The minimum Gasteiger partial charge on any atom is -0.454 e. The van der Waals surface area contributed by atoms with Crippen molar-refractivity contribution >= 4 is 105 Å². The van der Waals surface area contributed by atoms with Crippen molar-refractivity contribution < 1.29 is 4.42 Å². The summed E-state index contributed by atoms with van der Waals surface area (Å²) < 4.78 is 9.43. The lowest BCUT2D eigenvalue weighted by Gasteiger charge is -2.33. The molecule has 0 unspecified atom stereocenters. The van der Waals surface area contributed by atoms with Crippen molar-refractivity contribution in [2.45, 2.75) is 0 Å². The lowest BCUT2D eigenvalue weighted by molar-refractivity contribution is 0.669. The van der Waals surface area contributed by atoms with Crippen LogP contribution in [0.4, 0.5) is 51.2 Å². The maximum atomic E-state index is 6.92. The summed E-state index contributed by atoms with van der Waals surface area (Å²) in [5.74, 6) is 0. The quantitative estimate of drug-likeness (QED) is 0.129. The van der Waals surface area contributed by atoms with Gasteiger partial charge in [0.05, 0.1) is 22.7 Å². The number of furan rings is 1. The zero-order chi connectivity index (χ0) is 47.1. The van der Waals surface area contributed by atoms with Crippen LogP contribution in [0.5, 0.6) is 0 Å². The fraction of sp³-hybridized carbons (Fsp3) is 0. The Balaban J connectivity index is 1.09. The Kier molecular flexibility index (Phi) is 10.7. The highest BCUT2D eigenvalue weighted by molar-refractivity contribution is 7.25. The minimum absolute atomic E-state index is 0.823. The van der Waals surface area contributed by atoms with Gasteiger partial charge in [0.1, 0.15) is 5.58 Å². The molecule has 0 radical (unpaired) electrons. The van der Waals surface area contributed by atoms with Crippen LogP contribution in [0, 0.1) is 0 Å². The Hall–Kier alpha value is -9.16. The molecule has 0 atom stereocenters. The van der Waals surface area contributed by atoms with Crippen LogP contribution >= 0.6 is 11.3 Å². The molecule has 11 aromatic carbocycles. The van der Waals surface area contributed by atoms with Gasteiger partial charge in [-0.2, -0.15) is 0 Å². The number of anilines is 9. The van der Waals surface area contributed by atoms with E-state index in [1.165, 1.54) is 31.3 Å². The van der Waals surface area contributed by atoms with Gasteiger partial charge in [-0.05, 0) is 125 Å². The van der Waals surface area contributed by atoms with Crippen LogP contribution in [0.1, 0.15) is 0 Å². The van der Waals surface area contributed by atoms with E-state index in [1.54, 1.807) is 0 Å². The molecule has 5 heteroatoms. The van der Waals surface area contributed by atoms with E-state index in [0.717, 1.165) is 84.3 Å². The normalized spacial score (nSPS) is 11.4. The van der Waals surface area contributed by atoms with E-state index in [1.807, 2.05) is 17.4 Å². The summed E-state index contributed by atoms with van der Waals surface area (Å²) >= 11 is 1.83. The van der Waals surface area contributed by atoms with Crippen molar-refractivity contribution in [3.05, 3.63) is 273 Å². The number of hydrogen-bond acceptors (Lipinski definition) is 5. The fourth-order valence-electron chi connectivity index (χ4n) is 10.1. The summed E-state index contributed by atoms with van der Waals surface area (Å²) in [5, 5.41) is 4.61. The second kappa shape index (κ2) is 18.1. The maximum Gasteiger partial charge on any atom is 0.159 e. The first-order valence-electron chi connectivity index (χ1n) is 24.0. The van der Waals surface area contributed by atoms with Gasteiger partial charge in [-0.15, -0.1) is 11.3 Å². The molecule has 0 N–H and O–H groups in total. The molecule has 0 saturated carbocycles. The maximum absolute atomic E-state index is 6.92. The second-order valence-electron chi connectivity index (χ2n) is 17.7. The number of rotatable bonds is 11. The highest BCUT2D eigenvalue weighted by Gasteiger charge is 2.25. The molecule has 13 rings (SSSR count). The molecule has 336 valence electrons. The third-order valence-corrected chi connectivity index (χ3v) is 14.6. The first kappa shape index (κ1) is 42.0. The van der Waals surface area contributed by atoms with E-state index in [-0.39, 0.29) is 0 Å². The molecule has 0 fully saturated rings. The van der Waals surface area contributed by atoms with E-state index >= 15 is 0 Å². The van der Waals surface area contributed by atoms with Crippen LogP contribution in [0.2, 0.25) is 0 Å². The molecule has 2 aromatic heterocycles. The van der Waals surface area contributed by atoms with E-state index in [9.17, 15) is 0 Å². The van der Waals surface area contributed by atoms with Gasteiger partial charge in [0.2, 0.25) is 0 Å². The number of fused-ring (bicyclic) bond motifs is 6. The van der Waals surface area contributed by atoms with Gasteiger partial charge < -0.3 is 19.1 Å². The molecular formula is C66H45N3OS. The fourth-order valence-corrected chi connectivity index (χ4v) is 11.2. The van der Waals surface area contributed by atoms with Crippen molar-refractivity contribution in [2.75, 3.05) is 14.7 Å². The van der Waals surface area contributed by atoms with E-state index < -0.39 is 0 Å². The van der Waals surface area contributed by atoms with Crippen LogP contribution in [0.3, 0.4) is 0 Å². The van der Waals surface area contributed by atoms with Crippen LogP contribution in [0.15, 0.2) is 277 Å². The van der Waals surface area contributed by atoms with Crippen molar-refractivity contribution in [3.8, 4) is 22.3 Å². The van der Waals surface area contributed by atoms with Crippen LogP contribution in [-0.4, -0.2) is 0 Å². The van der Waals surface area contributed by atoms with Crippen molar-refractivity contribution in [2.24, 2.45) is 0 Å². The predicted molar refractivity (Wildman–Crippen MR) is 302 cm³/mol. The van der Waals surface area contributed by atoms with Gasteiger partial charge in [-0.25, -0.2) is 0 Å². The second-order valence-corrected chi connectivity index (χ2v) is 18.8. The third kappa shape index (κ3) is 7.85. The van der Waals surface area contributed by atoms with Crippen LogP contribution in [-0.2, 0) is 0 Å². The Morgan fingerprint density at radius 2 is 0.676 bits per heavy atom. The molecule has 0 aliphatic carbocycles. The molecule has 0 amide bonds. The van der Waals surface area contributed by atoms with Gasteiger partial charge in [0.25, 0.3) is 0 Å². The lowest BCUT2D eigenvalue weighted by Crippen LogP contribution is -2.16. The van der Waals surface area contributed by atoms with Gasteiger partial charge in [0, 0.05) is 59.4 Å². The molecule has 0 aliphatic rings. The molecule has 2 heterocycles. The van der Waals surface area contributed by atoms with Crippen molar-refractivity contribution in [3.63, 3.8) is 0 Å². The monoisotopic (exact) mass is 927 g/mol. The molecule has 4 nitrogen and oxygen atoms in total. The SMILES string of the molecule is c1ccc(-c2ccc(N(c3ccccc3)c3cc(N(c4ccccc4)c4ccc(-c5ccccc5)cc4)cc(N(c4ccc5sc6ccccc6c5c4)c4cccc5c4oc4ccccc45)c3)cc2)cc1. The van der Waals surface area contributed by atoms with Crippen molar-refractivity contribution in [1.82, 2.24) is 0 Å². The minimum atomic E-state index is 0.823. The summed E-state index contributed by atoms with van der Waals surface area (Å²) in [6.45, 7) is 0. The average Bonchev–Trinajstić information content (AvgIpc) is 4.02. The Labute approximate surface area is 416 Å². The Morgan fingerprint density at radius 3 is 1.25 bits per heavy atom. The van der Waals surface area contributed by atoms with Crippen LogP contribution < -0.4 is 14.7 Å². The van der Waals surface area contributed by atoms with Crippen molar-refractivity contribution in [1.29, 1.82) is 0 Å². The molecular weight excluding hydrogens is 883 g/mol. The molecule has 71 heavy (non-hydrogen) atoms. The smallest absolute Gasteiger partial charge is 0.159 e. The number of hydrogen-bond donors (Lipinski definition) is 0. The average molecular weight is 928 g/mol. The van der Waals surface area contributed by atoms with Gasteiger partial charge >= 0.3 is 0 Å². The zero-order valence-electron chi connectivity index (χ0n) is 38.6. The zero-order valence-corrected chi connectivity index (χ0v) is 39.5. The first-order chi connectivity index (χ1) is 35.2. The van der Waals surface area contributed by atoms with E-state index in [4.69, 9.17) is 4.42 Å².